The topological polar surface area (TPSA) is 40.7 Å². The molecule has 0 radical (unpaired) electrons. The maximum absolute atomic E-state index is 4.57. The lowest BCUT2D eigenvalue weighted by Crippen LogP contribution is -2.16. The van der Waals surface area contributed by atoms with Crippen LogP contribution in [0.25, 0.3) is 10.9 Å². The number of fused-ring (bicyclic) bond motifs is 1. The van der Waals surface area contributed by atoms with Crippen LogP contribution < -0.4 is 5.32 Å². The number of pyridine rings is 1. The molecular weight excluding hydrogens is 278 g/mol. The SMILES string of the molecule is CCC(NC)c1ccc(Sc2cc3ccccc3[nH]2)cn1. The van der Waals surface area contributed by atoms with Crippen molar-refractivity contribution < 1.29 is 0 Å². The van der Waals surface area contributed by atoms with Gasteiger partial charge in [-0.25, -0.2) is 0 Å². The molecule has 0 saturated carbocycles. The largest absolute Gasteiger partial charge is 0.349 e. The number of hydrogen-bond acceptors (Lipinski definition) is 3. The van der Waals surface area contributed by atoms with Crippen LogP contribution in [-0.4, -0.2) is 17.0 Å². The predicted molar refractivity (Wildman–Crippen MR) is 88.8 cm³/mol. The first-order chi connectivity index (χ1) is 10.3. The van der Waals surface area contributed by atoms with Crippen molar-refractivity contribution in [1.82, 2.24) is 15.3 Å². The van der Waals surface area contributed by atoms with Gasteiger partial charge in [-0.15, -0.1) is 0 Å². The first kappa shape index (κ1) is 14.2. The second kappa shape index (κ2) is 6.33. The summed E-state index contributed by atoms with van der Waals surface area (Å²) in [5.74, 6) is 0. The van der Waals surface area contributed by atoms with Crippen molar-refractivity contribution in [2.45, 2.75) is 29.3 Å². The molecule has 1 aromatic carbocycles. The summed E-state index contributed by atoms with van der Waals surface area (Å²) >= 11 is 1.71. The number of rotatable bonds is 5. The van der Waals surface area contributed by atoms with E-state index >= 15 is 0 Å². The molecule has 0 bridgehead atoms. The standard InChI is InChI=1S/C17H19N3S/c1-3-14(18-2)16-9-8-13(11-19-16)21-17-10-12-6-4-5-7-15(12)20-17/h4-11,14,18,20H,3H2,1-2H3. The summed E-state index contributed by atoms with van der Waals surface area (Å²) in [6.45, 7) is 2.16. The Labute approximate surface area is 129 Å². The van der Waals surface area contributed by atoms with Crippen molar-refractivity contribution in [3.05, 3.63) is 54.4 Å². The molecule has 3 aromatic rings. The number of benzene rings is 1. The van der Waals surface area contributed by atoms with Crippen LogP contribution in [0, 0.1) is 0 Å². The van der Waals surface area contributed by atoms with E-state index in [0.717, 1.165) is 22.0 Å². The van der Waals surface area contributed by atoms with Gasteiger partial charge in [-0.2, -0.15) is 0 Å². The van der Waals surface area contributed by atoms with Gasteiger partial charge in [0.15, 0.2) is 0 Å². The summed E-state index contributed by atoms with van der Waals surface area (Å²) in [5, 5.41) is 5.67. The lowest BCUT2D eigenvalue weighted by atomic mass is 10.1. The molecule has 4 heteroatoms. The van der Waals surface area contributed by atoms with Gasteiger partial charge in [-0.3, -0.25) is 4.98 Å². The quantitative estimate of drug-likeness (QED) is 0.734. The van der Waals surface area contributed by atoms with Crippen molar-refractivity contribution in [1.29, 1.82) is 0 Å². The normalized spacial score (nSPS) is 12.7. The molecule has 0 aliphatic heterocycles. The maximum atomic E-state index is 4.57. The van der Waals surface area contributed by atoms with Gasteiger partial charge >= 0.3 is 0 Å². The van der Waals surface area contributed by atoms with Crippen LogP contribution in [0.15, 0.2) is 58.6 Å². The summed E-state index contributed by atoms with van der Waals surface area (Å²) < 4.78 is 0. The van der Waals surface area contributed by atoms with Crippen LogP contribution in [0.4, 0.5) is 0 Å². The number of nitrogens with one attached hydrogen (secondary N) is 2. The summed E-state index contributed by atoms with van der Waals surface area (Å²) in [4.78, 5) is 9.15. The Morgan fingerprint density at radius 3 is 2.76 bits per heavy atom. The lowest BCUT2D eigenvalue weighted by Gasteiger charge is -2.13. The fourth-order valence-electron chi connectivity index (χ4n) is 2.45. The third kappa shape index (κ3) is 3.12. The molecule has 108 valence electrons. The van der Waals surface area contributed by atoms with Crippen molar-refractivity contribution in [3.8, 4) is 0 Å². The Morgan fingerprint density at radius 2 is 2.10 bits per heavy atom. The zero-order chi connectivity index (χ0) is 14.7. The van der Waals surface area contributed by atoms with Gasteiger partial charge in [0.05, 0.1) is 10.7 Å². The van der Waals surface area contributed by atoms with Crippen LogP contribution in [-0.2, 0) is 0 Å². The molecule has 3 rings (SSSR count). The molecule has 2 heterocycles. The number of H-pyrrole nitrogens is 1. The molecule has 0 amide bonds. The summed E-state index contributed by atoms with van der Waals surface area (Å²) in [7, 11) is 1.98. The molecule has 1 atom stereocenters. The van der Waals surface area contributed by atoms with E-state index in [2.05, 4.69) is 58.6 Å². The van der Waals surface area contributed by atoms with Crippen molar-refractivity contribution in [2.24, 2.45) is 0 Å². The molecule has 1 unspecified atom stereocenters. The van der Waals surface area contributed by atoms with Gasteiger partial charge in [0.25, 0.3) is 0 Å². The zero-order valence-corrected chi connectivity index (χ0v) is 13.1. The molecule has 3 nitrogen and oxygen atoms in total. The van der Waals surface area contributed by atoms with Gasteiger partial charge in [0, 0.05) is 28.0 Å². The molecular formula is C17H19N3S. The maximum Gasteiger partial charge on any atom is 0.0781 e. The van der Waals surface area contributed by atoms with Crippen LogP contribution in [0.3, 0.4) is 0 Å². The highest BCUT2D eigenvalue weighted by Gasteiger charge is 2.08. The lowest BCUT2D eigenvalue weighted by molar-refractivity contribution is 0.561. The van der Waals surface area contributed by atoms with Gasteiger partial charge in [0.1, 0.15) is 0 Å². The van der Waals surface area contributed by atoms with E-state index in [-0.39, 0.29) is 0 Å². The van der Waals surface area contributed by atoms with E-state index in [1.165, 1.54) is 10.9 Å². The molecule has 0 saturated heterocycles. The number of aromatic nitrogens is 2. The second-order valence-electron chi connectivity index (χ2n) is 4.99. The van der Waals surface area contributed by atoms with E-state index in [9.17, 15) is 0 Å². The number of hydrogen-bond donors (Lipinski definition) is 2. The molecule has 0 aliphatic rings. The fourth-order valence-corrected chi connectivity index (χ4v) is 3.29. The van der Waals surface area contributed by atoms with Crippen molar-refractivity contribution >= 4 is 22.7 Å². The van der Waals surface area contributed by atoms with Crippen LogP contribution in [0.5, 0.6) is 0 Å². The Kier molecular flexibility index (Phi) is 4.27. The second-order valence-corrected chi connectivity index (χ2v) is 6.11. The Bertz CT molecular complexity index is 681. The first-order valence-electron chi connectivity index (χ1n) is 7.19. The molecule has 2 N–H and O–H groups in total. The molecule has 21 heavy (non-hydrogen) atoms. The van der Waals surface area contributed by atoms with Gasteiger partial charge in [-0.1, -0.05) is 36.9 Å². The minimum absolute atomic E-state index is 0.331. The van der Waals surface area contributed by atoms with Gasteiger partial charge in [0.2, 0.25) is 0 Å². The minimum Gasteiger partial charge on any atom is -0.349 e. The molecule has 2 aromatic heterocycles. The Hall–Kier alpha value is -1.78. The smallest absolute Gasteiger partial charge is 0.0781 e. The summed E-state index contributed by atoms with van der Waals surface area (Å²) in [5.41, 5.74) is 2.27. The Balaban J connectivity index is 1.78. The third-order valence-electron chi connectivity index (χ3n) is 3.61. The van der Waals surface area contributed by atoms with E-state index in [1.807, 2.05) is 19.3 Å². The predicted octanol–water partition coefficient (Wildman–Crippen LogP) is 4.38. The van der Waals surface area contributed by atoms with E-state index in [1.54, 1.807) is 11.8 Å². The monoisotopic (exact) mass is 297 g/mol. The molecule has 0 spiro atoms. The number of aromatic amines is 1. The highest BCUT2D eigenvalue weighted by molar-refractivity contribution is 7.99. The minimum atomic E-state index is 0.331. The molecule has 0 fully saturated rings. The summed E-state index contributed by atoms with van der Waals surface area (Å²) in [6, 6.07) is 15.1. The van der Waals surface area contributed by atoms with E-state index in [0.29, 0.717) is 6.04 Å². The van der Waals surface area contributed by atoms with Crippen molar-refractivity contribution in [2.75, 3.05) is 7.05 Å². The Morgan fingerprint density at radius 1 is 1.24 bits per heavy atom. The van der Waals surface area contributed by atoms with Crippen LogP contribution in [0.2, 0.25) is 0 Å². The van der Waals surface area contributed by atoms with E-state index < -0.39 is 0 Å². The van der Waals surface area contributed by atoms with Gasteiger partial charge in [-0.05, 0) is 37.7 Å². The molecule has 0 aliphatic carbocycles. The average molecular weight is 297 g/mol. The van der Waals surface area contributed by atoms with Crippen LogP contribution >= 0.6 is 11.8 Å². The average Bonchev–Trinajstić information content (AvgIpc) is 2.92. The highest BCUT2D eigenvalue weighted by atomic mass is 32.2. The summed E-state index contributed by atoms with van der Waals surface area (Å²) in [6.07, 6.45) is 2.99. The van der Waals surface area contributed by atoms with E-state index in [4.69, 9.17) is 0 Å². The fraction of sp³-hybridized carbons (Fsp3) is 0.235. The third-order valence-corrected chi connectivity index (χ3v) is 4.52. The number of nitrogens with zero attached hydrogens (tertiary/aromatic N) is 1. The van der Waals surface area contributed by atoms with Gasteiger partial charge < -0.3 is 10.3 Å². The number of para-hydroxylation sites is 1. The first-order valence-corrected chi connectivity index (χ1v) is 8.00. The highest BCUT2D eigenvalue weighted by Crippen LogP contribution is 2.29. The zero-order valence-electron chi connectivity index (χ0n) is 12.3. The van der Waals surface area contributed by atoms with Crippen molar-refractivity contribution in [3.63, 3.8) is 0 Å². The van der Waals surface area contributed by atoms with Crippen LogP contribution in [0.1, 0.15) is 25.1 Å².